The van der Waals surface area contributed by atoms with E-state index in [1.807, 2.05) is 37.3 Å². The Morgan fingerprint density at radius 1 is 1.21 bits per heavy atom. The van der Waals surface area contributed by atoms with Crippen LogP contribution in [0.1, 0.15) is 52.5 Å². The summed E-state index contributed by atoms with van der Waals surface area (Å²) in [6, 6.07) is 11.9. The van der Waals surface area contributed by atoms with E-state index in [-0.39, 0.29) is 18.2 Å². The van der Waals surface area contributed by atoms with Crippen molar-refractivity contribution in [2.24, 2.45) is 5.10 Å². The van der Waals surface area contributed by atoms with Crippen molar-refractivity contribution in [2.75, 3.05) is 7.11 Å². The van der Waals surface area contributed by atoms with Crippen LogP contribution in [0.3, 0.4) is 0 Å². The number of rotatable bonds is 8. The predicted molar refractivity (Wildman–Crippen MR) is 128 cm³/mol. The Morgan fingerprint density at radius 3 is 2.67 bits per heavy atom. The van der Waals surface area contributed by atoms with Gasteiger partial charge in [0.1, 0.15) is 18.1 Å². The first-order valence-electron chi connectivity index (χ1n) is 10.3. The molecule has 1 aromatic heterocycles. The Balaban J connectivity index is 1.74. The number of hydrogen-bond donors (Lipinski definition) is 2. The van der Waals surface area contributed by atoms with Gasteiger partial charge in [-0.25, -0.2) is 10.5 Å². The maximum Gasteiger partial charge on any atom is 0.291 e. The second-order valence-corrected chi connectivity index (χ2v) is 8.07. The van der Waals surface area contributed by atoms with Crippen molar-refractivity contribution < 1.29 is 14.3 Å². The van der Waals surface area contributed by atoms with Crippen LogP contribution in [-0.4, -0.2) is 29.4 Å². The second-order valence-electron chi connectivity index (χ2n) is 7.66. The largest absolute Gasteiger partial charge is 0.496 e. The van der Waals surface area contributed by atoms with Crippen LogP contribution in [0.4, 0.5) is 0 Å². The third-order valence-corrected chi connectivity index (χ3v) is 5.30. The molecule has 2 aromatic carbocycles. The van der Waals surface area contributed by atoms with Gasteiger partial charge in [-0.2, -0.15) is 10.2 Å². The molecule has 0 aliphatic carbocycles. The van der Waals surface area contributed by atoms with Gasteiger partial charge in [0.25, 0.3) is 11.5 Å². The number of aryl methyl sites for hydroxylation is 1. The van der Waals surface area contributed by atoms with Crippen LogP contribution >= 0.6 is 11.6 Å². The van der Waals surface area contributed by atoms with E-state index >= 15 is 0 Å². The maximum atomic E-state index is 12.1. The minimum absolute atomic E-state index is 0.0507. The van der Waals surface area contributed by atoms with Crippen molar-refractivity contribution in [1.29, 1.82) is 0 Å². The lowest BCUT2D eigenvalue weighted by Gasteiger charge is -2.17. The number of halogens is 1. The lowest BCUT2D eigenvalue weighted by atomic mass is 10.0. The first-order chi connectivity index (χ1) is 15.8. The van der Waals surface area contributed by atoms with E-state index in [0.29, 0.717) is 10.8 Å². The predicted octanol–water partition coefficient (Wildman–Crippen LogP) is 4.21. The molecule has 0 aliphatic rings. The number of nitrogens with zero attached hydrogens (tertiary/aromatic N) is 2. The summed E-state index contributed by atoms with van der Waals surface area (Å²) in [6.45, 7) is 6.39. The molecule has 0 unspecified atom stereocenters. The number of H-pyrrole nitrogens is 1. The number of benzene rings is 2. The molecule has 0 saturated heterocycles. The zero-order valence-corrected chi connectivity index (χ0v) is 19.6. The van der Waals surface area contributed by atoms with E-state index in [0.717, 1.165) is 28.0 Å². The molecule has 3 aromatic rings. The van der Waals surface area contributed by atoms with Crippen LogP contribution in [0.5, 0.6) is 11.5 Å². The average molecular weight is 469 g/mol. The number of carbonyl (C=O) groups is 1. The van der Waals surface area contributed by atoms with Crippen molar-refractivity contribution in [3.63, 3.8) is 0 Å². The van der Waals surface area contributed by atoms with Gasteiger partial charge in [-0.1, -0.05) is 25.4 Å². The van der Waals surface area contributed by atoms with Gasteiger partial charge in [-0.15, -0.1) is 0 Å². The Kier molecular flexibility index (Phi) is 7.84. The second kappa shape index (κ2) is 10.8. The minimum atomic E-state index is -0.543. The number of hydrogen-bond acceptors (Lipinski definition) is 6. The maximum absolute atomic E-state index is 12.1. The van der Waals surface area contributed by atoms with Gasteiger partial charge >= 0.3 is 0 Å². The molecule has 3 rings (SSSR count). The standard InChI is InChI=1S/C24H25ClN4O4/c1-14(2)18-11-19(25)15(3)9-22(18)33-13-17-10-16(5-7-21(17)32-4)12-26-29-24(31)20-6-8-23(30)28-27-20/h5-12,14H,13H2,1-4H3,(H,28,30)(H,29,31)/b26-12-. The number of carbonyl (C=O) groups excluding carboxylic acids is 1. The normalized spacial score (nSPS) is 11.1. The number of nitrogens with one attached hydrogen (secondary N) is 2. The van der Waals surface area contributed by atoms with Gasteiger partial charge in [0, 0.05) is 16.7 Å². The van der Waals surface area contributed by atoms with Gasteiger partial charge in [0.05, 0.1) is 13.3 Å². The van der Waals surface area contributed by atoms with E-state index in [2.05, 4.69) is 34.6 Å². The van der Waals surface area contributed by atoms with E-state index in [4.69, 9.17) is 21.1 Å². The summed E-state index contributed by atoms with van der Waals surface area (Å²) in [4.78, 5) is 23.1. The van der Waals surface area contributed by atoms with Crippen molar-refractivity contribution in [3.05, 3.63) is 85.8 Å². The molecule has 0 spiro atoms. The van der Waals surface area contributed by atoms with Crippen molar-refractivity contribution in [1.82, 2.24) is 15.6 Å². The van der Waals surface area contributed by atoms with Crippen LogP contribution < -0.4 is 20.5 Å². The minimum Gasteiger partial charge on any atom is -0.496 e. The van der Waals surface area contributed by atoms with Gasteiger partial charge in [-0.05, 0) is 65.9 Å². The number of hydrazone groups is 1. The van der Waals surface area contributed by atoms with E-state index in [9.17, 15) is 9.59 Å². The molecule has 33 heavy (non-hydrogen) atoms. The molecule has 172 valence electrons. The summed E-state index contributed by atoms with van der Waals surface area (Å²) in [5.74, 6) is 1.15. The first-order valence-corrected chi connectivity index (χ1v) is 10.6. The van der Waals surface area contributed by atoms with Crippen molar-refractivity contribution in [3.8, 4) is 11.5 Å². The van der Waals surface area contributed by atoms with Crippen LogP contribution in [0.25, 0.3) is 0 Å². The third kappa shape index (κ3) is 6.20. The quantitative estimate of drug-likeness (QED) is 0.380. The smallest absolute Gasteiger partial charge is 0.291 e. The Labute approximate surface area is 196 Å². The molecule has 0 aliphatic heterocycles. The number of aromatic amines is 1. The number of amides is 1. The fraction of sp³-hybridized carbons (Fsp3) is 0.250. The third-order valence-electron chi connectivity index (χ3n) is 4.89. The van der Waals surface area contributed by atoms with E-state index in [1.54, 1.807) is 7.11 Å². The van der Waals surface area contributed by atoms with Crippen molar-refractivity contribution >= 4 is 23.7 Å². The molecule has 0 saturated carbocycles. The summed E-state index contributed by atoms with van der Waals surface area (Å²) in [6.07, 6.45) is 1.50. The molecule has 1 heterocycles. The SMILES string of the molecule is COc1ccc(/C=N\NC(=O)c2ccc(=O)[nH]n2)cc1COc1cc(C)c(Cl)cc1C(C)C. The summed E-state index contributed by atoms with van der Waals surface area (Å²) in [7, 11) is 1.59. The van der Waals surface area contributed by atoms with E-state index < -0.39 is 11.5 Å². The number of aromatic nitrogens is 2. The van der Waals surface area contributed by atoms with Gasteiger partial charge < -0.3 is 9.47 Å². The highest BCUT2D eigenvalue weighted by Crippen LogP contribution is 2.33. The molecule has 0 fully saturated rings. The van der Waals surface area contributed by atoms with Crippen molar-refractivity contribution in [2.45, 2.75) is 33.3 Å². The summed E-state index contributed by atoms with van der Waals surface area (Å²) in [5, 5.41) is 10.5. The molecule has 9 heteroatoms. The fourth-order valence-corrected chi connectivity index (χ4v) is 3.26. The van der Waals surface area contributed by atoms with E-state index in [1.165, 1.54) is 18.3 Å². The summed E-state index contributed by atoms with van der Waals surface area (Å²) in [5.41, 5.74) is 5.56. The highest BCUT2D eigenvalue weighted by molar-refractivity contribution is 6.31. The Hall–Kier alpha value is -3.65. The highest BCUT2D eigenvalue weighted by Gasteiger charge is 2.13. The zero-order chi connectivity index (χ0) is 24.0. The topological polar surface area (TPSA) is 106 Å². The molecular formula is C24H25ClN4O4. The van der Waals surface area contributed by atoms with Gasteiger partial charge in [0.15, 0.2) is 5.69 Å². The molecule has 0 bridgehead atoms. The zero-order valence-electron chi connectivity index (χ0n) is 18.8. The molecule has 1 amide bonds. The first kappa shape index (κ1) is 24.0. The molecule has 8 nitrogen and oxygen atoms in total. The number of ether oxygens (including phenoxy) is 2. The van der Waals surface area contributed by atoms with Gasteiger partial charge in [0.2, 0.25) is 0 Å². The monoisotopic (exact) mass is 468 g/mol. The lowest BCUT2D eigenvalue weighted by molar-refractivity contribution is 0.0949. The summed E-state index contributed by atoms with van der Waals surface area (Å²) < 4.78 is 11.6. The molecule has 0 radical (unpaired) electrons. The summed E-state index contributed by atoms with van der Waals surface area (Å²) >= 11 is 6.29. The van der Waals surface area contributed by atoms with Gasteiger partial charge in [-0.3, -0.25) is 9.59 Å². The van der Waals surface area contributed by atoms with Crippen LogP contribution in [0, 0.1) is 6.92 Å². The lowest BCUT2D eigenvalue weighted by Crippen LogP contribution is -2.21. The highest BCUT2D eigenvalue weighted by atomic mass is 35.5. The van der Waals surface area contributed by atoms with Crippen LogP contribution in [-0.2, 0) is 6.61 Å². The molecule has 0 atom stereocenters. The molecular weight excluding hydrogens is 444 g/mol. The number of methoxy groups -OCH3 is 1. The Bertz CT molecular complexity index is 1220. The molecule has 2 N–H and O–H groups in total. The van der Waals surface area contributed by atoms with Crippen LogP contribution in [0.15, 0.2) is 52.4 Å². The van der Waals surface area contributed by atoms with Crippen LogP contribution in [0.2, 0.25) is 5.02 Å². The Morgan fingerprint density at radius 2 is 2.00 bits per heavy atom. The average Bonchev–Trinajstić information content (AvgIpc) is 2.79. The fourth-order valence-electron chi connectivity index (χ4n) is 3.09.